The number of carbonyl (C=O) groups excluding carboxylic acids is 3. The molecule has 22 heavy (non-hydrogen) atoms. The first-order chi connectivity index (χ1) is 10.3. The molecular formula is C16H16N2O4. The highest BCUT2D eigenvalue weighted by Crippen LogP contribution is 2.53. The second-order valence-electron chi connectivity index (χ2n) is 5.44. The van der Waals surface area contributed by atoms with Gasteiger partial charge < -0.3 is 4.74 Å². The maximum atomic E-state index is 12.7. The lowest BCUT2D eigenvalue weighted by Gasteiger charge is -2.38. The first kappa shape index (κ1) is 14.3. The number of anilines is 2. The van der Waals surface area contributed by atoms with Crippen LogP contribution in [0.15, 0.2) is 35.4 Å². The quantitative estimate of drug-likeness (QED) is 0.744. The van der Waals surface area contributed by atoms with Gasteiger partial charge in [-0.3, -0.25) is 14.4 Å². The molecule has 1 aromatic rings. The maximum absolute atomic E-state index is 12.7. The fourth-order valence-electron chi connectivity index (χ4n) is 3.17. The lowest BCUT2D eigenvalue weighted by Crippen LogP contribution is -2.60. The Hall–Kier alpha value is -2.63. The predicted octanol–water partition coefficient (Wildman–Crippen LogP) is 1.95. The largest absolute Gasteiger partial charge is 0.415 e. The van der Waals surface area contributed by atoms with Gasteiger partial charge in [0, 0.05) is 25.0 Å². The number of nitrogens with zero attached hydrogens (tertiary/aromatic N) is 2. The van der Waals surface area contributed by atoms with E-state index in [1.165, 1.54) is 23.6 Å². The minimum atomic E-state index is -1.53. The van der Waals surface area contributed by atoms with Crippen molar-refractivity contribution in [1.82, 2.24) is 0 Å². The number of carbonyl (C=O) groups is 3. The minimum absolute atomic E-state index is 0.269. The molecule has 6 nitrogen and oxygen atoms in total. The van der Waals surface area contributed by atoms with Gasteiger partial charge in [0.05, 0.1) is 11.4 Å². The fraction of sp³-hybridized carbons (Fsp3) is 0.312. The third-order valence-corrected chi connectivity index (χ3v) is 4.15. The van der Waals surface area contributed by atoms with Gasteiger partial charge in [0.2, 0.25) is 5.91 Å². The first-order valence-electron chi connectivity index (χ1n) is 6.94. The summed E-state index contributed by atoms with van der Waals surface area (Å²) in [6.45, 7) is 6.02. The van der Waals surface area contributed by atoms with Gasteiger partial charge >= 0.3 is 11.8 Å². The number of esters is 1. The third kappa shape index (κ3) is 1.52. The molecule has 0 bridgehead atoms. The van der Waals surface area contributed by atoms with E-state index in [0.29, 0.717) is 22.5 Å². The summed E-state index contributed by atoms with van der Waals surface area (Å²) in [4.78, 5) is 39.4. The van der Waals surface area contributed by atoms with Crippen LogP contribution >= 0.6 is 0 Å². The smallest absolute Gasteiger partial charge is 0.306 e. The van der Waals surface area contributed by atoms with Crippen molar-refractivity contribution in [3.8, 4) is 0 Å². The highest BCUT2D eigenvalue weighted by molar-refractivity contribution is 6.18. The predicted molar refractivity (Wildman–Crippen MR) is 80.0 cm³/mol. The molecule has 1 atom stereocenters. The second kappa shape index (κ2) is 4.43. The number of hydrogen-bond donors (Lipinski definition) is 0. The van der Waals surface area contributed by atoms with Gasteiger partial charge in [0.25, 0.3) is 5.91 Å². The summed E-state index contributed by atoms with van der Waals surface area (Å²) in [6.07, 6.45) is 0. The maximum Gasteiger partial charge on any atom is 0.306 e. The van der Waals surface area contributed by atoms with Crippen LogP contribution in [-0.2, 0) is 19.1 Å². The van der Waals surface area contributed by atoms with E-state index in [4.69, 9.17) is 4.74 Å². The van der Waals surface area contributed by atoms with Gasteiger partial charge in [-0.25, -0.2) is 9.80 Å². The zero-order valence-corrected chi connectivity index (χ0v) is 12.8. The summed E-state index contributed by atoms with van der Waals surface area (Å²) in [6, 6.07) is 7.02. The number of fused-ring (bicyclic) bond motifs is 3. The zero-order chi connectivity index (χ0) is 16.2. The Morgan fingerprint density at radius 3 is 2.23 bits per heavy atom. The summed E-state index contributed by atoms with van der Waals surface area (Å²) in [5.41, 5.74) is 2.12. The Kier molecular flexibility index (Phi) is 2.88. The van der Waals surface area contributed by atoms with Crippen LogP contribution < -0.4 is 9.80 Å². The van der Waals surface area contributed by atoms with Crippen LogP contribution in [0.5, 0.6) is 0 Å². The molecule has 0 fully saturated rings. The van der Waals surface area contributed by atoms with E-state index in [1.54, 1.807) is 38.1 Å². The molecule has 0 radical (unpaired) electrons. The monoisotopic (exact) mass is 300 g/mol. The van der Waals surface area contributed by atoms with Crippen molar-refractivity contribution in [2.24, 2.45) is 0 Å². The molecule has 0 aromatic heterocycles. The molecular weight excluding hydrogens is 284 g/mol. The standard InChI is InChI=1S/C16H16N2O4/c1-9-10(2)16(22-12(4)20)17(11(3)19)13-7-5-6-8-14(13)18(16)15(9)21/h5-8H,1-4H3/t16-/m1/s1. The van der Waals surface area contributed by atoms with Crippen molar-refractivity contribution >= 4 is 29.2 Å². The topological polar surface area (TPSA) is 66.9 Å². The number of para-hydroxylation sites is 2. The van der Waals surface area contributed by atoms with Crippen LogP contribution in [0.1, 0.15) is 27.7 Å². The Bertz CT molecular complexity index is 752. The zero-order valence-electron chi connectivity index (χ0n) is 12.8. The van der Waals surface area contributed by atoms with Crippen LogP contribution in [0.2, 0.25) is 0 Å². The minimum Gasteiger partial charge on any atom is -0.415 e. The van der Waals surface area contributed by atoms with E-state index in [-0.39, 0.29) is 11.8 Å². The van der Waals surface area contributed by atoms with Crippen molar-refractivity contribution in [3.63, 3.8) is 0 Å². The molecule has 0 unspecified atom stereocenters. The van der Waals surface area contributed by atoms with Gasteiger partial charge in [-0.2, -0.15) is 0 Å². The molecule has 0 aliphatic carbocycles. The van der Waals surface area contributed by atoms with Crippen LogP contribution in [0.25, 0.3) is 0 Å². The molecule has 0 N–H and O–H groups in total. The Morgan fingerprint density at radius 1 is 1.09 bits per heavy atom. The van der Waals surface area contributed by atoms with Crippen molar-refractivity contribution in [2.75, 3.05) is 9.80 Å². The van der Waals surface area contributed by atoms with Crippen LogP contribution in [-0.4, -0.2) is 23.6 Å². The van der Waals surface area contributed by atoms with E-state index in [9.17, 15) is 14.4 Å². The summed E-state index contributed by atoms with van der Waals surface area (Å²) in [5, 5.41) is 0. The van der Waals surface area contributed by atoms with E-state index in [1.807, 2.05) is 0 Å². The molecule has 6 heteroatoms. The SMILES string of the molecule is CC(=O)O[C@@]12C(C)=C(C)C(=O)N1c1ccccc1N2C(C)=O. The Morgan fingerprint density at radius 2 is 1.68 bits per heavy atom. The molecule has 2 aliphatic heterocycles. The highest BCUT2D eigenvalue weighted by Gasteiger charge is 2.62. The molecule has 0 saturated heterocycles. The molecule has 3 rings (SSSR count). The summed E-state index contributed by atoms with van der Waals surface area (Å²) < 4.78 is 5.55. The number of ether oxygens (including phenoxy) is 1. The molecule has 0 spiro atoms. The van der Waals surface area contributed by atoms with Gasteiger partial charge in [0.1, 0.15) is 0 Å². The lowest BCUT2D eigenvalue weighted by molar-refractivity contribution is -0.154. The lowest BCUT2D eigenvalue weighted by atomic mass is 10.1. The molecule has 2 aliphatic rings. The number of rotatable bonds is 1. The van der Waals surface area contributed by atoms with E-state index >= 15 is 0 Å². The fourth-order valence-corrected chi connectivity index (χ4v) is 3.17. The molecule has 2 heterocycles. The number of benzene rings is 1. The summed E-state index contributed by atoms with van der Waals surface area (Å²) in [7, 11) is 0. The van der Waals surface area contributed by atoms with Crippen molar-refractivity contribution in [2.45, 2.75) is 33.5 Å². The molecule has 0 saturated carbocycles. The average molecular weight is 300 g/mol. The molecule has 1 aromatic carbocycles. The summed E-state index contributed by atoms with van der Waals surface area (Å²) in [5.74, 6) is -2.67. The van der Waals surface area contributed by atoms with Gasteiger partial charge in [-0.05, 0) is 26.0 Å². The highest BCUT2D eigenvalue weighted by atomic mass is 16.6. The van der Waals surface area contributed by atoms with Crippen LogP contribution in [0.4, 0.5) is 11.4 Å². The number of hydrogen-bond acceptors (Lipinski definition) is 4. The summed E-state index contributed by atoms with van der Waals surface area (Å²) >= 11 is 0. The Labute approximate surface area is 127 Å². The van der Waals surface area contributed by atoms with Crippen molar-refractivity contribution in [3.05, 3.63) is 35.4 Å². The van der Waals surface area contributed by atoms with Gasteiger partial charge in [0.15, 0.2) is 0 Å². The third-order valence-electron chi connectivity index (χ3n) is 4.15. The van der Waals surface area contributed by atoms with Crippen molar-refractivity contribution < 1.29 is 19.1 Å². The van der Waals surface area contributed by atoms with Crippen LogP contribution in [0.3, 0.4) is 0 Å². The second-order valence-corrected chi connectivity index (χ2v) is 5.44. The van der Waals surface area contributed by atoms with Gasteiger partial charge in [-0.15, -0.1) is 0 Å². The van der Waals surface area contributed by atoms with E-state index in [2.05, 4.69) is 0 Å². The first-order valence-corrected chi connectivity index (χ1v) is 6.94. The molecule has 2 amide bonds. The Balaban J connectivity index is 2.35. The van der Waals surface area contributed by atoms with Gasteiger partial charge in [-0.1, -0.05) is 12.1 Å². The van der Waals surface area contributed by atoms with E-state index < -0.39 is 11.8 Å². The molecule has 114 valence electrons. The average Bonchev–Trinajstić information content (AvgIpc) is 2.82. The van der Waals surface area contributed by atoms with Crippen molar-refractivity contribution in [1.29, 1.82) is 0 Å². The number of amides is 2. The normalized spacial score (nSPS) is 22.8. The van der Waals surface area contributed by atoms with Crippen LogP contribution in [0, 0.1) is 0 Å². The van der Waals surface area contributed by atoms with E-state index in [0.717, 1.165) is 0 Å².